The molecule has 390 valence electrons. The lowest BCUT2D eigenvalue weighted by atomic mass is 10.0. The highest BCUT2D eigenvalue weighted by Crippen LogP contribution is 2.16. The van der Waals surface area contributed by atoms with E-state index in [-0.39, 0.29) is 31.1 Å². The molecule has 0 fully saturated rings. The van der Waals surface area contributed by atoms with Crippen molar-refractivity contribution in [3.63, 3.8) is 0 Å². The second-order valence-corrected chi connectivity index (χ2v) is 18.8. The SMILES string of the molecule is CC/C=C\C/C=C\C/C=C\C/C=C\CCCCCCCCCCCCCCCCCCC(=O)OCC(COC(=O)CCCCCCCC)OC(=O)CCCCCCC/C=C\C/C=C\C/C=C\CC. The minimum Gasteiger partial charge on any atom is -0.462 e. The van der Waals surface area contributed by atoms with Crippen LogP contribution in [0.1, 0.15) is 271 Å². The smallest absolute Gasteiger partial charge is 0.306 e. The number of unbranched alkanes of at least 4 members (excludes halogenated alkanes) is 26. The molecule has 6 nitrogen and oxygen atoms in total. The highest BCUT2D eigenvalue weighted by Gasteiger charge is 2.19. The predicted octanol–water partition coefficient (Wildman–Crippen LogP) is 19.2. The van der Waals surface area contributed by atoms with Crippen LogP contribution in [0.25, 0.3) is 0 Å². The van der Waals surface area contributed by atoms with Gasteiger partial charge in [0.25, 0.3) is 0 Å². The largest absolute Gasteiger partial charge is 0.462 e. The molecule has 0 amide bonds. The van der Waals surface area contributed by atoms with Crippen LogP contribution >= 0.6 is 0 Å². The zero-order chi connectivity index (χ0) is 49.3. The summed E-state index contributed by atoms with van der Waals surface area (Å²) in [5.41, 5.74) is 0. The Morgan fingerprint density at radius 1 is 0.309 bits per heavy atom. The lowest BCUT2D eigenvalue weighted by Gasteiger charge is -2.18. The van der Waals surface area contributed by atoms with Crippen LogP contribution < -0.4 is 0 Å². The van der Waals surface area contributed by atoms with Gasteiger partial charge in [-0.1, -0.05) is 247 Å². The summed E-state index contributed by atoms with van der Waals surface area (Å²) in [5.74, 6) is -0.904. The van der Waals surface area contributed by atoms with Gasteiger partial charge < -0.3 is 14.2 Å². The van der Waals surface area contributed by atoms with Crippen molar-refractivity contribution in [2.24, 2.45) is 0 Å². The van der Waals surface area contributed by atoms with E-state index >= 15 is 0 Å². The third-order valence-corrected chi connectivity index (χ3v) is 12.1. The molecule has 1 unspecified atom stereocenters. The van der Waals surface area contributed by atoms with Crippen LogP contribution in [0, 0.1) is 0 Å². The monoisotopic (exact) mass is 947 g/mol. The molecule has 0 aromatic heterocycles. The molecule has 0 N–H and O–H groups in total. The standard InChI is InChI=1S/C62H106O6/c1-4-7-10-13-16-18-20-22-24-25-26-27-28-29-30-31-32-33-34-35-36-37-39-40-42-44-46-49-52-55-61(64)67-58-59(57-66-60(63)54-51-48-15-12-9-6-3)68-62(65)56-53-50-47-45-43-41-38-23-21-19-17-14-11-8-5-2/h7-8,10-11,16-19,22-24,26-27,38,59H,4-6,9,12-15,20-21,25,28-37,39-58H2,1-3H3/b10-7-,11-8-,18-16-,19-17-,24-22-,27-26-,38-23-. The van der Waals surface area contributed by atoms with E-state index in [1.165, 1.54) is 109 Å². The van der Waals surface area contributed by atoms with Gasteiger partial charge in [0.2, 0.25) is 0 Å². The number of ether oxygens (including phenoxy) is 3. The van der Waals surface area contributed by atoms with Gasteiger partial charge >= 0.3 is 17.9 Å². The van der Waals surface area contributed by atoms with Crippen LogP contribution in [0.4, 0.5) is 0 Å². The first-order valence-corrected chi connectivity index (χ1v) is 28.6. The fourth-order valence-electron chi connectivity index (χ4n) is 7.92. The van der Waals surface area contributed by atoms with E-state index in [2.05, 4.69) is 106 Å². The highest BCUT2D eigenvalue weighted by atomic mass is 16.6. The van der Waals surface area contributed by atoms with Crippen molar-refractivity contribution in [2.75, 3.05) is 13.2 Å². The molecule has 68 heavy (non-hydrogen) atoms. The van der Waals surface area contributed by atoms with Gasteiger partial charge in [-0.05, 0) is 89.9 Å². The second-order valence-electron chi connectivity index (χ2n) is 18.8. The van der Waals surface area contributed by atoms with Crippen LogP contribution in [-0.4, -0.2) is 37.2 Å². The molecule has 0 aromatic carbocycles. The lowest BCUT2D eigenvalue weighted by molar-refractivity contribution is -0.167. The summed E-state index contributed by atoms with van der Waals surface area (Å²) in [7, 11) is 0. The number of carbonyl (C=O) groups is 3. The summed E-state index contributed by atoms with van der Waals surface area (Å²) in [4.78, 5) is 37.8. The van der Waals surface area contributed by atoms with Gasteiger partial charge in [-0.25, -0.2) is 0 Å². The number of carbonyl (C=O) groups excluding carboxylic acids is 3. The van der Waals surface area contributed by atoms with Crippen molar-refractivity contribution in [3.8, 4) is 0 Å². The maximum absolute atomic E-state index is 12.8. The average Bonchev–Trinajstić information content (AvgIpc) is 3.34. The third-order valence-electron chi connectivity index (χ3n) is 12.1. The third kappa shape index (κ3) is 53.5. The first-order chi connectivity index (χ1) is 33.5. The molecule has 1 atom stereocenters. The van der Waals surface area contributed by atoms with E-state index in [1.807, 2.05) is 0 Å². The zero-order valence-corrected chi connectivity index (χ0v) is 44.6. The van der Waals surface area contributed by atoms with Gasteiger partial charge in [0.05, 0.1) is 0 Å². The molecule has 0 aromatic rings. The highest BCUT2D eigenvalue weighted by molar-refractivity contribution is 5.71. The Bertz CT molecular complexity index is 1320. The molecule has 0 saturated carbocycles. The van der Waals surface area contributed by atoms with Gasteiger partial charge in [-0.15, -0.1) is 0 Å². The second kappa shape index (κ2) is 56.2. The van der Waals surface area contributed by atoms with Crippen LogP contribution in [0.2, 0.25) is 0 Å². The minimum absolute atomic E-state index is 0.0815. The molecule has 0 rings (SSSR count). The van der Waals surface area contributed by atoms with E-state index < -0.39 is 6.10 Å². The van der Waals surface area contributed by atoms with Crippen molar-refractivity contribution >= 4 is 17.9 Å². The predicted molar refractivity (Wildman–Crippen MR) is 293 cm³/mol. The summed E-state index contributed by atoms with van der Waals surface area (Å²) < 4.78 is 16.7. The van der Waals surface area contributed by atoms with E-state index in [4.69, 9.17) is 14.2 Å². The molecule has 6 heteroatoms. The summed E-state index contributed by atoms with van der Waals surface area (Å²) in [6.07, 6.45) is 73.3. The topological polar surface area (TPSA) is 78.9 Å². The Morgan fingerprint density at radius 3 is 0.897 bits per heavy atom. The molecule has 0 aliphatic heterocycles. The normalized spacial score (nSPS) is 12.7. The molecule has 0 spiro atoms. The van der Waals surface area contributed by atoms with Crippen molar-refractivity contribution in [3.05, 3.63) is 85.1 Å². The number of esters is 3. The quantitative estimate of drug-likeness (QED) is 0.0262. The minimum atomic E-state index is -0.780. The molecular weight excluding hydrogens is 841 g/mol. The fraction of sp³-hybridized carbons (Fsp3) is 0.726. The summed E-state index contributed by atoms with van der Waals surface area (Å²) in [6.45, 7) is 6.35. The Balaban J connectivity index is 4.05. The number of rotatable bonds is 51. The van der Waals surface area contributed by atoms with Gasteiger partial charge in [0, 0.05) is 19.3 Å². The van der Waals surface area contributed by atoms with Gasteiger partial charge in [0.1, 0.15) is 13.2 Å². The molecular formula is C62H106O6. The number of hydrogen-bond acceptors (Lipinski definition) is 6. The van der Waals surface area contributed by atoms with E-state index in [1.54, 1.807) is 0 Å². The van der Waals surface area contributed by atoms with Crippen molar-refractivity contribution in [1.82, 2.24) is 0 Å². The van der Waals surface area contributed by atoms with Crippen LogP contribution in [0.5, 0.6) is 0 Å². The Kier molecular flexibility index (Phi) is 53.4. The Hall–Kier alpha value is -3.41. The molecule has 0 bridgehead atoms. The summed E-state index contributed by atoms with van der Waals surface area (Å²) >= 11 is 0. The summed E-state index contributed by atoms with van der Waals surface area (Å²) in [5, 5.41) is 0. The van der Waals surface area contributed by atoms with Crippen molar-refractivity contribution < 1.29 is 28.6 Å². The average molecular weight is 948 g/mol. The zero-order valence-electron chi connectivity index (χ0n) is 44.6. The number of hydrogen-bond donors (Lipinski definition) is 0. The van der Waals surface area contributed by atoms with Crippen LogP contribution in [-0.2, 0) is 28.6 Å². The maximum atomic E-state index is 12.8. The van der Waals surface area contributed by atoms with Crippen molar-refractivity contribution in [1.29, 1.82) is 0 Å². The van der Waals surface area contributed by atoms with Crippen molar-refractivity contribution in [2.45, 2.75) is 277 Å². The number of allylic oxidation sites excluding steroid dienone is 14. The Labute approximate surface area is 420 Å². The van der Waals surface area contributed by atoms with Crippen LogP contribution in [0.15, 0.2) is 85.1 Å². The van der Waals surface area contributed by atoms with Gasteiger partial charge in [0.15, 0.2) is 6.10 Å². The van der Waals surface area contributed by atoms with Gasteiger partial charge in [-0.2, -0.15) is 0 Å². The van der Waals surface area contributed by atoms with E-state index in [9.17, 15) is 14.4 Å². The molecule has 0 aliphatic rings. The molecule has 0 aliphatic carbocycles. The summed E-state index contributed by atoms with van der Waals surface area (Å²) in [6, 6.07) is 0. The molecule has 0 heterocycles. The first kappa shape index (κ1) is 64.6. The van der Waals surface area contributed by atoms with Crippen LogP contribution in [0.3, 0.4) is 0 Å². The fourth-order valence-corrected chi connectivity index (χ4v) is 7.92. The van der Waals surface area contributed by atoms with E-state index in [0.29, 0.717) is 19.3 Å². The van der Waals surface area contributed by atoms with E-state index in [0.717, 1.165) is 122 Å². The molecule has 0 radical (unpaired) electrons. The lowest BCUT2D eigenvalue weighted by Crippen LogP contribution is -2.30. The molecule has 0 saturated heterocycles. The maximum Gasteiger partial charge on any atom is 0.306 e. The Morgan fingerprint density at radius 2 is 0.574 bits per heavy atom. The van der Waals surface area contributed by atoms with Gasteiger partial charge in [-0.3, -0.25) is 14.4 Å². The first-order valence-electron chi connectivity index (χ1n) is 28.6.